The van der Waals surface area contributed by atoms with E-state index in [1.54, 1.807) is 7.11 Å². The average molecular weight is 267 g/mol. The van der Waals surface area contributed by atoms with E-state index < -0.39 is 0 Å². The third-order valence-electron chi connectivity index (χ3n) is 3.90. The second-order valence-corrected chi connectivity index (χ2v) is 5.33. The highest BCUT2D eigenvalue weighted by Crippen LogP contribution is 2.37. The molecule has 2 aromatic rings. The highest BCUT2D eigenvalue weighted by molar-refractivity contribution is 5.78. The van der Waals surface area contributed by atoms with Gasteiger partial charge in [-0.3, -0.25) is 0 Å². The first-order valence-corrected chi connectivity index (χ1v) is 7.32. The van der Waals surface area contributed by atoms with Crippen molar-refractivity contribution >= 4 is 5.69 Å². The minimum atomic E-state index is 0.848. The minimum absolute atomic E-state index is 0.848. The van der Waals surface area contributed by atoms with Gasteiger partial charge in [-0.1, -0.05) is 30.3 Å². The van der Waals surface area contributed by atoms with Crippen molar-refractivity contribution in [3.8, 4) is 11.1 Å². The zero-order chi connectivity index (χ0) is 13.8. The molecule has 0 unspecified atom stereocenters. The molecule has 0 atom stereocenters. The number of rotatable bonds is 6. The van der Waals surface area contributed by atoms with Crippen LogP contribution in [0.5, 0.6) is 0 Å². The van der Waals surface area contributed by atoms with Crippen molar-refractivity contribution in [2.24, 2.45) is 0 Å². The Morgan fingerprint density at radius 2 is 1.85 bits per heavy atom. The van der Waals surface area contributed by atoms with Crippen LogP contribution in [-0.2, 0) is 11.2 Å². The molecule has 1 aliphatic rings. The number of anilines is 1. The first-order chi connectivity index (χ1) is 9.88. The summed E-state index contributed by atoms with van der Waals surface area (Å²) in [5.41, 5.74) is 6.90. The summed E-state index contributed by atoms with van der Waals surface area (Å²) in [6.45, 7) is 1.86. The molecule has 0 aromatic heterocycles. The Balaban J connectivity index is 1.65. The Morgan fingerprint density at radius 3 is 2.75 bits per heavy atom. The van der Waals surface area contributed by atoms with Crippen LogP contribution in [0.4, 0.5) is 5.69 Å². The SMILES string of the molecule is COCCCCNc1ccc2c(c1)Cc1ccccc1-2. The van der Waals surface area contributed by atoms with Crippen LogP contribution >= 0.6 is 0 Å². The molecule has 0 saturated heterocycles. The Morgan fingerprint density at radius 1 is 1.00 bits per heavy atom. The van der Waals surface area contributed by atoms with E-state index in [0.29, 0.717) is 0 Å². The molecule has 20 heavy (non-hydrogen) atoms. The van der Waals surface area contributed by atoms with Gasteiger partial charge in [-0.25, -0.2) is 0 Å². The maximum Gasteiger partial charge on any atom is 0.0462 e. The van der Waals surface area contributed by atoms with Crippen LogP contribution < -0.4 is 5.32 Å². The quantitative estimate of drug-likeness (QED) is 0.679. The highest BCUT2D eigenvalue weighted by Gasteiger charge is 2.17. The molecule has 0 fully saturated rings. The monoisotopic (exact) mass is 267 g/mol. The van der Waals surface area contributed by atoms with Gasteiger partial charge in [-0.15, -0.1) is 0 Å². The fraction of sp³-hybridized carbons (Fsp3) is 0.333. The van der Waals surface area contributed by atoms with Gasteiger partial charge >= 0.3 is 0 Å². The van der Waals surface area contributed by atoms with Crippen LogP contribution in [0.3, 0.4) is 0 Å². The van der Waals surface area contributed by atoms with E-state index >= 15 is 0 Å². The number of unbranched alkanes of at least 4 members (excludes halogenated alkanes) is 1. The van der Waals surface area contributed by atoms with Crippen molar-refractivity contribution < 1.29 is 4.74 Å². The Bertz CT molecular complexity index is 592. The van der Waals surface area contributed by atoms with Crippen LogP contribution in [0.25, 0.3) is 11.1 Å². The molecule has 2 heteroatoms. The fourth-order valence-electron chi connectivity index (χ4n) is 2.86. The lowest BCUT2D eigenvalue weighted by Gasteiger charge is -2.08. The zero-order valence-electron chi connectivity index (χ0n) is 12.0. The lowest BCUT2D eigenvalue weighted by Crippen LogP contribution is -2.03. The third kappa shape index (κ3) is 2.70. The molecule has 3 rings (SSSR count). The van der Waals surface area contributed by atoms with E-state index in [9.17, 15) is 0 Å². The van der Waals surface area contributed by atoms with Crippen molar-refractivity contribution in [2.75, 3.05) is 25.6 Å². The first-order valence-electron chi connectivity index (χ1n) is 7.32. The molecular formula is C18H21NO. The average Bonchev–Trinajstić information content (AvgIpc) is 2.84. The van der Waals surface area contributed by atoms with Crippen molar-refractivity contribution in [2.45, 2.75) is 19.3 Å². The van der Waals surface area contributed by atoms with E-state index in [-0.39, 0.29) is 0 Å². The summed E-state index contributed by atoms with van der Waals surface area (Å²) >= 11 is 0. The van der Waals surface area contributed by atoms with Crippen LogP contribution in [0.1, 0.15) is 24.0 Å². The normalized spacial score (nSPS) is 12.1. The molecule has 104 valence electrons. The predicted octanol–water partition coefficient (Wildman–Crippen LogP) is 4.10. The van der Waals surface area contributed by atoms with E-state index in [1.165, 1.54) is 27.9 Å². The fourth-order valence-corrected chi connectivity index (χ4v) is 2.86. The van der Waals surface area contributed by atoms with Gasteiger partial charge in [0.05, 0.1) is 0 Å². The maximum absolute atomic E-state index is 5.06. The third-order valence-corrected chi connectivity index (χ3v) is 3.90. The Kier molecular flexibility index (Phi) is 4.03. The largest absolute Gasteiger partial charge is 0.385 e. The molecular weight excluding hydrogens is 246 g/mol. The van der Waals surface area contributed by atoms with Gasteiger partial charge in [0.25, 0.3) is 0 Å². The van der Waals surface area contributed by atoms with Gasteiger partial charge in [-0.2, -0.15) is 0 Å². The number of nitrogens with one attached hydrogen (secondary N) is 1. The van der Waals surface area contributed by atoms with Gasteiger partial charge in [0.1, 0.15) is 0 Å². The van der Waals surface area contributed by atoms with Gasteiger partial charge in [0, 0.05) is 25.9 Å². The van der Waals surface area contributed by atoms with Gasteiger partial charge < -0.3 is 10.1 Å². The first kappa shape index (κ1) is 13.2. The van der Waals surface area contributed by atoms with Crippen LogP contribution in [0.15, 0.2) is 42.5 Å². The molecule has 0 radical (unpaired) electrons. The molecule has 0 spiro atoms. The second-order valence-electron chi connectivity index (χ2n) is 5.33. The number of fused-ring (bicyclic) bond motifs is 3. The molecule has 1 N–H and O–H groups in total. The Hall–Kier alpha value is -1.80. The summed E-state index contributed by atoms with van der Waals surface area (Å²) < 4.78 is 5.06. The van der Waals surface area contributed by atoms with Crippen molar-refractivity contribution in [1.82, 2.24) is 0 Å². The van der Waals surface area contributed by atoms with Crippen molar-refractivity contribution in [3.63, 3.8) is 0 Å². The van der Waals surface area contributed by atoms with E-state index in [0.717, 1.165) is 32.4 Å². The van der Waals surface area contributed by atoms with Gasteiger partial charge in [0.2, 0.25) is 0 Å². The summed E-state index contributed by atoms with van der Waals surface area (Å²) in [4.78, 5) is 0. The second kappa shape index (κ2) is 6.10. The maximum atomic E-state index is 5.06. The molecule has 0 aliphatic heterocycles. The van der Waals surface area contributed by atoms with E-state index in [1.807, 2.05) is 0 Å². The summed E-state index contributed by atoms with van der Waals surface area (Å²) in [6, 6.07) is 15.4. The van der Waals surface area contributed by atoms with E-state index in [4.69, 9.17) is 4.74 Å². The van der Waals surface area contributed by atoms with Crippen molar-refractivity contribution in [1.29, 1.82) is 0 Å². The molecule has 2 aromatic carbocycles. The predicted molar refractivity (Wildman–Crippen MR) is 84.3 cm³/mol. The molecule has 0 saturated carbocycles. The molecule has 0 heterocycles. The summed E-state index contributed by atoms with van der Waals surface area (Å²) in [5, 5.41) is 3.50. The minimum Gasteiger partial charge on any atom is -0.385 e. The van der Waals surface area contributed by atoms with Crippen LogP contribution in [0.2, 0.25) is 0 Å². The summed E-state index contributed by atoms with van der Waals surface area (Å²) in [6.07, 6.45) is 3.32. The molecule has 0 amide bonds. The number of benzene rings is 2. The van der Waals surface area contributed by atoms with E-state index in [2.05, 4.69) is 47.8 Å². The van der Waals surface area contributed by atoms with Crippen molar-refractivity contribution in [3.05, 3.63) is 53.6 Å². The topological polar surface area (TPSA) is 21.3 Å². The number of hydrogen-bond acceptors (Lipinski definition) is 2. The highest BCUT2D eigenvalue weighted by atomic mass is 16.5. The van der Waals surface area contributed by atoms with Gasteiger partial charge in [-0.05, 0) is 53.6 Å². The number of ether oxygens (including phenoxy) is 1. The standard InChI is InChI=1S/C18H21NO/c1-20-11-5-4-10-19-16-8-9-18-15(13-16)12-14-6-2-3-7-17(14)18/h2-3,6-9,13,19H,4-5,10-12H2,1H3. The number of methoxy groups -OCH3 is 1. The lowest BCUT2D eigenvalue weighted by molar-refractivity contribution is 0.194. The summed E-state index contributed by atoms with van der Waals surface area (Å²) in [5.74, 6) is 0. The molecule has 2 nitrogen and oxygen atoms in total. The number of hydrogen-bond donors (Lipinski definition) is 1. The smallest absolute Gasteiger partial charge is 0.0462 e. The van der Waals surface area contributed by atoms with Crippen LogP contribution in [0, 0.1) is 0 Å². The molecule has 1 aliphatic carbocycles. The van der Waals surface area contributed by atoms with Gasteiger partial charge in [0.15, 0.2) is 0 Å². The zero-order valence-corrected chi connectivity index (χ0v) is 12.0. The lowest BCUT2D eigenvalue weighted by atomic mass is 10.1. The summed E-state index contributed by atoms with van der Waals surface area (Å²) in [7, 11) is 1.76. The molecule has 0 bridgehead atoms. The van der Waals surface area contributed by atoms with Crippen LogP contribution in [-0.4, -0.2) is 20.3 Å². The Labute approximate surface area is 120 Å².